The first-order chi connectivity index (χ1) is 15.3. The van der Waals surface area contributed by atoms with E-state index >= 15 is 0 Å². The van der Waals surface area contributed by atoms with Crippen molar-refractivity contribution in [3.05, 3.63) is 76.9 Å². The number of nitrogens with one attached hydrogen (secondary N) is 2. The van der Waals surface area contributed by atoms with Gasteiger partial charge in [0.25, 0.3) is 0 Å². The van der Waals surface area contributed by atoms with Crippen LogP contribution >= 0.6 is 12.2 Å². The average Bonchev–Trinajstić information content (AvgIpc) is 3.26. The second-order valence-corrected chi connectivity index (χ2v) is 8.67. The van der Waals surface area contributed by atoms with Gasteiger partial charge in [-0.2, -0.15) is 0 Å². The third-order valence-corrected chi connectivity index (χ3v) is 6.63. The van der Waals surface area contributed by atoms with E-state index < -0.39 is 0 Å². The molecule has 1 fully saturated rings. The molecule has 2 N–H and O–H groups in total. The van der Waals surface area contributed by atoms with E-state index in [1.807, 2.05) is 50.4 Å². The highest BCUT2D eigenvalue weighted by Gasteiger charge is 2.42. The number of nitrogens with zero attached hydrogens (tertiary/aromatic N) is 3. The highest BCUT2D eigenvalue weighted by Crippen LogP contribution is 2.43. The first-order valence-corrected chi connectivity index (χ1v) is 11.3. The number of carbonyl (C=O) groups excluding carboxylic acids is 1. The van der Waals surface area contributed by atoms with Crippen LogP contribution in [-0.4, -0.2) is 20.6 Å². The molecule has 0 spiro atoms. The van der Waals surface area contributed by atoms with E-state index in [1.54, 1.807) is 0 Å². The van der Waals surface area contributed by atoms with Crippen LogP contribution in [0.1, 0.15) is 53.6 Å². The van der Waals surface area contributed by atoms with Crippen LogP contribution in [0.4, 0.5) is 11.4 Å². The monoisotopic (exact) mass is 447 g/mol. The lowest BCUT2D eigenvalue weighted by atomic mass is 9.96. The molecule has 2 atom stereocenters. The number of thiocarbonyl (C=S) groups is 1. The first-order valence-electron chi connectivity index (χ1n) is 10.9. The first kappa shape index (κ1) is 22.0. The van der Waals surface area contributed by atoms with E-state index in [2.05, 4.69) is 58.1 Å². The lowest BCUT2D eigenvalue weighted by Crippen LogP contribution is -2.29. The molecule has 32 heavy (non-hydrogen) atoms. The number of carbonyl (C=O) groups is 1. The molecule has 0 bridgehead atoms. The van der Waals surface area contributed by atoms with Gasteiger partial charge < -0.3 is 20.1 Å². The average molecular weight is 448 g/mol. The number of benzene rings is 1. The van der Waals surface area contributed by atoms with E-state index in [1.165, 1.54) is 17.0 Å². The minimum atomic E-state index is -0.0797. The van der Waals surface area contributed by atoms with Gasteiger partial charge in [-0.1, -0.05) is 13.0 Å². The third kappa shape index (κ3) is 3.88. The van der Waals surface area contributed by atoms with Crippen LogP contribution in [0, 0.1) is 20.8 Å². The normalized spacial score (nSPS) is 18.0. The smallest absolute Gasteiger partial charge is 0.224 e. The summed E-state index contributed by atoms with van der Waals surface area (Å²) in [4.78, 5) is 18.7. The largest absolute Gasteiger partial charge is 0.352 e. The molecule has 1 aromatic carbocycles. The molecule has 6 nitrogen and oxygen atoms in total. The van der Waals surface area contributed by atoms with Gasteiger partial charge in [-0.05, 0) is 80.5 Å². The lowest BCUT2D eigenvalue weighted by Gasteiger charge is -2.28. The quantitative estimate of drug-likeness (QED) is 0.547. The summed E-state index contributed by atoms with van der Waals surface area (Å²) in [7, 11) is 2.09. The molecule has 7 heteroatoms. The molecule has 3 heterocycles. The van der Waals surface area contributed by atoms with Gasteiger partial charge in [0.15, 0.2) is 5.11 Å². The Balaban J connectivity index is 1.81. The van der Waals surface area contributed by atoms with E-state index in [4.69, 9.17) is 12.2 Å². The van der Waals surface area contributed by atoms with Crippen molar-refractivity contribution in [1.29, 1.82) is 0 Å². The Labute approximate surface area is 194 Å². The lowest BCUT2D eigenvalue weighted by molar-refractivity contribution is -0.115. The van der Waals surface area contributed by atoms with Crippen LogP contribution in [0.15, 0.2) is 48.7 Å². The standard InChI is InChI=1S/C25H29N5OS/c1-6-22(31)27-20-11-10-18(13-15(20)2)30-24(19-14-16(3)29(5)17(19)4)23(28-25(30)32)21-9-7-8-12-26-21/h7-14,23-24H,6H2,1-5H3,(H,27,31)(H,28,32)/t23-,24+/m1/s1. The van der Waals surface area contributed by atoms with Gasteiger partial charge in [0.2, 0.25) is 5.91 Å². The number of anilines is 2. The van der Waals surface area contributed by atoms with Crippen LogP contribution in [-0.2, 0) is 11.8 Å². The number of aromatic nitrogens is 2. The van der Waals surface area contributed by atoms with Crippen molar-refractivity contribution >= 4 is 34.6 Å². The van der Waals surface area contributed by atoms with Crippen molar-refractivity contribution in [3.63, 3.8) is 0 Å². The van der Waals surface area contributed by atoms with Gasteiger partial charge in [0, 0.05) is 42.4 Å². The molecule has 1 aliphatic heterocycles. The maximum Gasteiger partial charge on any atom is 0.224 e. The van der Waals surface area contributed by atoms with Crippen LogP contribution in [0.25, 0.3) is 0 Å². The number of amides is 1. The summed E-state index contributed by atoms with van der Waals surface area (Å²) < 4.78 is 2.21. The molecule has 0 aliphatic carbocycles. The minimum Gasteiger partial charge on any atom is -0.352 e. The topological polar surface area (TPSA) is 62.2 Å². The Morgan fingerprint density at radius 1 is 1.19 bits per heavy atom. The van der Waals surface area contributed by atoms with Gasteiger partial charge >= 0.3 is 0 Å². The summed E-state index contributed by atoms with van der Waals surface area (Å²) >= 11 is 5.83. The van der Waals surface area contributed by atoms with Gasteiger partial charge in [-0.25, -0.2) is 0 Å². The molecular formula is C25H29N5OS. The SMILES string of the molecule is CCC(=O)Nc1ccc(N2C(=S)N[C@H](c3ccccn3)[C@@H]2c2cc(C)n(C)c2C)cc1C. The van der Waals surface area contributed by atoms with Crippen molar-refractivity contribution < 1.29 is 4.79 Å². The molecule has 3 aromatic rings. The second kappa shape index (κ2) is 8.74. The van der Waals surface area contributed by atoms with Gasteiger partial charge in [-0.3, -0.25) is 9.78 Å². The maximum absolute atomic E-state index is 11.9. The summed E-state index contributed by atoms with van der Waals surface area (Å²) in [6, 6.07) is 14.1. The van der Waals surface area contributed by atoms with E-state index in [-0.39, 0.29) is 18.0 Å². The number of hydrogen-bond acceptors (Lipinski definition) is 3. The molecule has 1 amide bonds. The molecule has 166 valence electrons. The van der Waals surface area contributed by atoms with Crippen LogP contribution in [0.2, 0.25) is 0 Å². The van der Waals surface area contributed by atoms with Gasteiger partial charge in [-0.15, -0.1) is 0 Å². The number of hydrogen-bond donors (Lipinski definition) is 2. The highest BCUT2D eigenvalue weighted by molar-refractivity contribution is 7.80. The van der Waals surface area contributed by atoms with Gasteiger partial charge in [0.1, 0.15) is 0 Å². The number of pyridine rings is 1. The zero-order valence-electron chi connectivity index (χ0n) is 19.1. The van der Waals surface area contributed by atoms with Crippen molar-refractivity contribution in [2.45, 2.75) is 46.2 Å². The fraction of sp³-hybridized carbons (Fsp3) is 0.320. The molecular weight excluding hydrogens is 418 g/mol. The second-order valence-electron chi connectivity index (χ2n) is 8.28. The number of rotatable bonds is 5. The molecule has 0 unspecified atom stereocenters. The third-order valence-electron chi connectivity index (χ3n) is 6.31. The van der Waals surface area contributed by atoms with Crippen LogP contribution in [0.5, 0.6) is 0 Å². The Morgan fingerprint density at radius 2 is 1.97 bits per heavy atom. The molecule has 2 aromatic heterocycles. The molecule has 1 aliphatic rings. The summed E-state index contributed by atoms with van der Waals surface area (Å²) in [6.07, 6.45) is 2.26. The van der Waals surface area contributed by atoms with Gasteiger partial charge in [0.05, 0.1) is 17.8 Å². The molecule has 0 radical (unpaired) electrons. The summed E-state index contributed by atoms with van der Waals surface area (Å²) in [6.45, 7) is 8.11. The molecule has 0 saturated carbocycles. The predicted octanol–water partition coefficient (Wildman–Crippen LogP) is 4.87. The molecule has 4 rings (SSSR count). The van der Waals surface area contributed by atoms with Crippen LogP contribution in [0.3, 0.4) is 0 Å². The fourth-order valence-corrected chi connectivity index (χ4v) is 4.66. The highest BCUT2D eigenvalue weighted by atomic mass is 32.1. The van der Waals surface area contributed by atoms with Crippen molar-refractivity contribution in [2.75, 3.05) is 10.2 Å². The van der Waals surface area contributed by atoms with E-state index in [9.17, 15) is 4.79 Å². The fourth-order valence-electron chi connectivity index (χ4n) is 4.31. The Hall–Kier alpha value is -3.19. The Bertz CT molecular complexity index is 1170. The summed E-state index contributed by atoms with van der Waals surface area (Å²) in [5, 5.41) is 7.14. The van der Waals surface area contributed by atoms with Crippen LogP contribution < -0.4 is 15.5 Å². The van der Waals surface area contributed by atoms with E-state index in [0.717, 1.165) is 22.6 Å². The van der Waals surface area contributed by atoms with E-state index in [0.29, 0.717) is 11.5 Å². The van der Waals surface area contributed by atoms with Crippen molar-refractivity contribution in [3.8, 4) is 0 Å². The zero-order valence-corrected chi connectivity index (χ0v) is 20.0. The Kier molecular flexibility index (Phi) is 6.02. The maximum atomic E-state index is 11.9. The van der Waals surface area contributed by atoms with Crippen molar-refractivity contribution in [1.82, 2.24) is 14.9 Å². The summed E-state index contributed by atoms with van der Waals surface area (Å²) in [5.74, 6) is 0.00249. The molecule has 1 saturated heterocycles. The minimum absolute atomic E-state index is 0.00249. The number of aryl methyl sites for hydroxylation is 2. The zero-order chi connectivity index (χ0) is 23.0. The Morgan fingerprint density at radius 3 is 2.56 bits per heavy atom. The van der Waals surface area contributed by atoms with Crippen molar-refractivity contribution in [2.24, 2.45) is 7.05 Å². The summed E-state index contributed by atoms with van der Waals surface area (Å²) in [5.41, 5.74) is 7.37. The predicted molar refractivity (Wildman–Crippen MR) is 133 cm³/mol.